The zero-order valence-corrected chi connectivity index (χ0v) is 16.0. The Hall–Kier alpha value is -3.39. The molecule has 2 aliphatic rings. The zero-order chi connectivity index (χ0) is 20.0. The molecule has 1 saturated heterocycles. The van der Waals surface area contributed by atoms with Crippen LogP contribution in [0.4, 0.5) is 4.79 Å². The Bertz CT molecular complexity index is 1110. The van der Waals surface area contributed by atoms with Crippen molar-refractivity contribution in [2.45, 2.75) is 18.5 Å². The van der Waals surface area contributed by atoms with Gasteiger partial charge in [0.2, 0.25) is 0 Å². The van der Waals surface area contributed by atoms with Crippen molar-refractivity contribution in [3.8, 4) is 11.4 Å². The lowest BCUT2D eigenvalue weighted by Gasteiger charge is -2.33. The van der Waals surface area contributed by atoms with E-state index >= 15 is 0 Å². The number of aromatic nitrogens is 3. The summed E-state index contributed by atoms with van der Waals surface area (Å²) in [4.78, 5) is 27.1. The summed E-state index contributed by atoms with van der Waals surface area (Å²) in [5.74, 6) is 0.308. The van der Waals surface area contributed by atoms with E-state index in [1.165, 1.54) is 4.90 Å². The number of rotatable bonds is 3. The Balaban J connectivity index is 1.42. The third-order valence-corrected chi connectivity index (χ3v) is 5.46. The van der Waals surface area contributed by atoms with E-state index in [0.29, 0.717) is 35.1 Å². The molecular weight excluding hydrogens is 394 g/mol. The van der Waals surface area contributed by atoms with Gasteiger partial charge < -0.3 is 10.1 Å². The summed E-state index contributed by atoms with van der Waals surface area (Å²) in [6.07, 6.45) is 2.06. The van der Waals surface area contributed by atoms with Gasteiger partial charge in [-0.25, -0.2) is 9.48 Å². The van der Waals surface area contributed by atoms with Crippen LogP contribution in [0.25, 0.3) is 5.69 Å². The highest BCUT2D eigenvalue weighted by atomic mass is 35.5. The molecule has 0 radical (unpaired) electrons. The van der Waals surface area contributed by atoms with E-state index in [1.54, 1.807) is 29.1 Å². The smallest absolute Gasteiger partial charge is 0.325 e. The first-order valence-electron chi connectivity index (χ1n) is 9.10. The van der Waals surface area contributed by atoms with Crippen molar-refractivity contribution in [1.29, 1.82) is 0 Å². The number of halogens is 1. The van der Waals surface area contributed by atoms with Crippen molar-refractivity contribution in [3.63, 3.8) is 0 Å². The summed E-state index contributed by atoms with van der Waals surface area (Å²) in [5, 5.41) is 11.7. The molecule has 1 aromatic heterocycles. The van der Waals surface area contributed by atoms with Crippen molar-refractivity contribution < 1.29 is 14.3 Å². The number of benzene rings is 2. The SMILES string of the molecule is O=C1NC2(CCOc3ccccc32)C(=O)N1Cc1cn(-c2ccc(Cl)cc2)nn1. The molecule has 1 spiro atoms. The Labute approximate surface area is 171 Å². The van der Waals surface area contributed by atoms with Crippen LogP contribution in [0.15, 0.2) is 54.7 Å². The fourth-order valence-electron chi connectivity index (χ4n) is 3.77. The van der Waals surface area contributed by atoms with Gasteiger partial charge in [0.05, 0.1) is 25.0 Å². The quantitative estimate of drug-likeness (QED) is 0.672. The second kappa shape index (κ2) is 6.59. The van der Waals surface area contributed by atoms with Crippen LogP contribution in [-0.4, -0.2) is 38.4 Å². The van der Waals surface area contributed by atoms with Gasteiger partial charge in [0.15, 0.2) is 5.54 Å². The van der Waals surface area contributed by atoms with Gasteiger partial charge in [0.25, 0.3) is 5.91 Å². The standard InChI is InChI=1S/C20H16ClN5O3/c21-13-5-7-15(8-6-13)26-12-14(23-24-26)11-25-18(27)20(22-19(25)28)9-10-29-17-4-2-1-3-16(17)20/h1-8,12H,9-11H2,(H,22,28). The van der Waals surface area contributed by atoms with Gasteiger partial charge in [-0.1, -0.05) is 35.0 Å². The molecule has 2 aromatic carbocycles. The van der Waals surface area contributed by atoms with E-state index < -0.39 is 11.6 Å². The Kier molecular flexibility index (Phi) is 4.02. The Morgan fingerprint density at radius 1 is 1.14 bits per heavy atom. The average Bonchev–Trinajstić information content (AvgIpc) is 3.29. The molecule has 1 N–H and O–H groups in total. The minimum absolute atomic E-state index is 0.0308. The number of amides is 3. The van der Waals surface area contributed by atoms with Crippen LogP contribution in [0.5, 0.6) is 5.75 Å². The number of hydrogen-bond acceptors (Lipinski definition) is 5. The number of hydrogen-bond donors (Lipinski definition) is 1. The number of para-hydroxylation sites is 1. The van der Waals surface area contributed by atoms with E-state index in [0.717, 1.165) is 5.69 Å². The van der Waals surface area contributed by atoms with Gasteiger partial charge in [0, 0.05) is 17.0 Å². The van der Waals surface area contributed by atoms with Crippen LogP contribution in [-0.2, 0) is 16.9 Å². The van der Waals surface area contributed by atoms with E-state index in [2.05, 4.69) is 15.6 Å². The van der Waals surface area contributed by atoms with Crippen LogP contribution in [0.2, 0.25) is 5.02 Å². The molecule has 0 bridgehead atoms. The highest BCUT2D eigenvalue weighted by molar-refractivity contribution is 6.30. The van der Waals surface area contributed by atoms with Gasteiger partial charge in [0.1, 0.15) is 11.4 Å². The first-order valence-corrected chi connectivity index (χ1v) is 9.48. The van der Waals surface area contributed by atoms with Gasteiger partial charge in [-0.3, -0.25) is 9.69 Å². The van der Waals surface area contributed by atoms with E-state index in [4.69, 9.17) is 16.3 Å². The second-order valence-electron chi connectivity index (χ2n) is 6.95. The largest absolute Gasteiger partial charge is 0.493 e. The maximum Gasteiger partial charge on any atom is 0.325 e. The molecule has 1 unspecified atom stereocenters. The van der Waals surface area contributed by atoms with Crippen LogP contribution in [0.3, 0.4) is 0 Å². The summed E-state index contributed by atoms with van der Waals surface area (Å²) >= 11 is 5.91. The third-order valence-electron chi connectivity index (χ3n) is 5.21. The first-order chi connectivity index (χ1) is 14.1. The number of carbonyl (C=O) groups is 2. The minimum atomic E-state index is -1.10. The van der Waals surface area contributed by atoms with Crippen molar-refractivity contribution in [3.05, 3.63) is 71.0 Å². The Morgan fingerprint density at radius 2 is 1.93 bits per heavy atom. The van der Waals surface area contributed by atoms with Gasteiger partial charge in [-0.05, 0) is 30.3 Å². The third kappa shape index (κ3) is 2.84. The molecule has 2 aliphatic heterocycles. The van der Waals surface area contributed by atoms with Crippen LogP contribution in [0, 0.1) is 0 Å². The highest BCUT2D eigenvalue weighted by Crippen LogP contribution is 2.41. The molecule has 1 atom stereocenters. The number of fused-ring (bicyclic) bond motifs is 2. The summed E-state index contributed by atoms with van der Waals surface area (Å²) in [5.41, 5.74) is 0.857. The fraction of sp³-hybridized carbons (Fsp3) is 0.200. The van der Waals surface area contributed by atoms with Crippen molar-refractivity contribution in [2.75, 3.05) is 6.61 Å². The summed E-state index contributed by atoms with van der Waals surface area (Å²) in [7, 11) is 0. The molecule has 0 aliphatic carbocycles. The number of nitrogens with zero attached hydrogens (tertiary/aromatic N) is 4. The monoisotopic (exact) mass is 409 g/mol. The summed E-state index contributed by atoms with van der Waals surface area (Å²) in [6.45, 7) is 0.382. The topological polar surface area (TPSA) is 89.4 Å². The number of carbonyl (C=O) groups excluding carboxylic acids is 2. The van der Waals surface area contributed by atoms with E-state index in [9.17, 15) is 9.59 Å². The first kappa shape index (κ1) is 17.7. The predicted molar refractivity (Wildman–Crippen MR) is 104 cm³/mol. The number of ether oxygens (including phenoxy) is 1. The van der Waals surface area contributed by atoms with Crippen molar-refractivity contribution >= 4 is 23.5 Å². The molecule has 0 saturated carbocycles. The molecule has 9 heteroatoms. The molecular formula is C20H16ClN5O3. The molecule has 3 amide bonds. The predicted octanol–water partition coefficient (Wildman–Crippen LogP) is 2.65. The van der Waals surface area contributed by atoms with Crippen LogP contribution in [0.1, 0.15) is 17.7 Å². The number of nitrogens with one attached hydrogen (secondary N) is 1. The lowest BCUT2D eigenvalue weighted by molar-refractivity contribution is -0.133. The lowest BCUT2D eigenvalue weighted by atomic mass is 9.84. The second-order valence-corrected chi connectivity index (χ2v) is 7.39. The molecule has 1 fully saturated rings. The lowest BCUT2D eigenvalue weighted by Crippen LogP contribution is -2.47. The maximum atomic E-state index is 13.3. The fourth-order valence-corrected chi connectivity index (χ4v) is 3.89. The van der Waals surface area contributed by atoms with Crippen LogP contribution >= 0.6 is 11.6 Å². The summed E-state index contributed by atoms with van der Waals surface area (Å²) in [6, 6.07) is 14.0. The molecule has 3 aromatic rings. The van der Waals surface area contributed by atoms with E-state index in [1.807, 2.05) is 30.3 Å². The van der Waals surface area contributed by atoms with Gasteiger partial charge in [-0.15, -0.1) is 5.10 Å². The highest BCUT2D eigenvalue weighted by Gasteiger charge is 2.54. The van der Waals surface area contributed by atoms with Crippen molar-refractivity contribution in [1.82, 2.24) is 25.2 Å². The average molecular weight is 410 g/mol. The van der Waals surface area contributed by atoms with Gasteiger partial charge in [-0.2, -0.15) is 0 Å². The minimum Gasteiger partial charge on any atom is -0.493 e. The maximum absolute atomic E-state index is 13.3. The zero-order valence-electron chi connectivity index (χ0n) is 15.2. The molecule has 8 nitrogen and oxygen atoms in total. The summed E-state index contributed by atoms with van der Waals surface area (Å²) < 4.78 is 7.22. The van der Waals surface area contributed by atoms with Gasteiger partial charge >= 0.3 is 6.03 Å². The van der Waals surface area contributed by atoms with Crippen LogP contribution < -0.4 is 10.1 Å². The molecule has 146 valence electrons. The van der Waals surface area contributed by atoms with Crippen molar-refractivity contribution in [2.24, 2.45) is 0 Å². The number of imide groups is 1. The molecule has 5 rings (SSSR count). The molecule has 3 heterocycles. The Morgan fingerprint density at radius 3 is 2.76 bits per heavy atom. The van der Waals surface area contributed by atoms with E-state index in [-0.39, 0.29) is 12.5 Å². The molecule has 29 heavy (non-hydrogen) atoms. The normalized spacial score (nSPS) is 20.5. The number of urea groups is 1.